The molecule has 2 aromatic heterocycles. The number of pyridine rings is 1. The highest BCUT2D eigenvalue weighted by molar-refractivity contribution is 7.13. The van der Waals surface area contributed by atoms with Crippen LogP contribution < -0.4 is 5.43 Å². The number of carboxylic acids is 1. The molecule has 0 atom stereocenters. The van der Waals surface area contributed by atoms with Gasteiger partial charge in [0.1, 0.15) is 10.0 Å². The number of carbonyl (C=O) groups is 1. The fourth-order valence-corrected chi connectivity index (χ4v) is 2.85. The molecule has 0 radical (unpaired) electrons. The molecule has 5 nitrogen and oxygen atoms in total. The van der Waals surface area contributed by atoms with E-state index in [-0.39, 0.29) is 20.9 Å². The quantitative estimate of drug-likeness (QED) is 0.474. The average molecular weight is 365 g/mol. The maximum absolute atomic E-state index is 11.0. The Labute approximate surface area is 139 Å². The minimum atomic E-state index is -1.31. The molecular formula is C12H8Cl3N3O2S. The third-order valence-corrected chi connectivity index (χ3v) is 4.41. The van der Waals surface area contributed by atoms with E-state index in [4.69, 9.17) is 39.9 Å². The molecule has 0 bridgehead atoms. The largest absolute Gasteiger partial charge is 0.476 e. The molecule has 2 N–H and O–H groups in total. The Morgan fingerprint density at radius 2 is 2.10 bits per heavy atom. The Morgan fingerprint density at radius 1 is 1.38 bits per heavy atom. The van der Waals surface area contributed by atoms with Gasteiger partial charge in [-0.3, -0.25) is 5.43 Å². The Morgan fingerprint density at radius 3 is 2.67 bits per heavy atom. The van der Waals surface area contributed by atoms with Crippen LogP contribution in [0.2, 0.25) is 15.2 Å². The van der Waals surface area contributed by atoms with E-state index >= 15 is 0 Å². The molecule has 0 aliphatic rings. The van der Waals surface area contributed by atoms with E-state index in [0.717, 1.165) is 9.75 Å². The van der Waals surface area contributed by atoms with Crippen molar-refractivity contribution in [2.75, 3.05) is 5.43 Å². The molecule has 2 heterocycles. The van der Waals surface area contributed by atoms with Crippen molar-refractivity contribution >= 4 is 64.0 Å². The predicted molar refractivity (Wildman–Crippen MR) is 86.5 cm³/mol. The lowest BCUT2D eigenvalue weighted by molar-refractivity contribution is 0.0691. The number of nitrogens with zero attached hydrogens (tertiary/aromatic N) is 2. The topological polar surface area (TPSA) is 74.6 Å². The number of aryl methyl sites for hydroxylation is 1. The number of carboxylic acid groups (broad SMARTS) is 1. The number of halogens is 3. The second-order valence-corrected chi connectivity index (χ2v) is 6.31. The summed E-state index contributed by atoms with van der Waals surface area (Å²) in [7, 11) is 0. The molecule has 0 saturated carbocycles. The standard InChI is InChI=1S/C12H8Cl3N3O2S/c1-5-2-3-6(21-5)4-16-18-9-7(13)10(12(19)20)17-11(15)8(9)14/h2-4H,1H3,(H,17,18)(H,19,20)/b16-4+. The fourth-order valence-electron chi connectivity index (χ4n) is 1.44. The van der Waals surface area contributed by atoms with E-state index < -0.39 is 11.7 Å². The van der Waals surface area contributed by atoms with Crippen molar-refractivity contribution in [3.63, 3.8) is 0 Å². The zero-order chi connectivity index (χ0) is 15.6. The monoisotopic (exact) mass is 363 g/mol. The van der Waals surface area contributed by atoms with Gasteiger partial charge >= 0.3 is 5.97 Å². The van der Waals surface area contributed by atoms with Gasteiger partial charge in [0.25, 0.3) is 0 Å². The zero-order valence-corrected chi connectivity index (χ0v) is 13.6. The Hall–Kier alpha value is -1.34. The molecule has 0 aliphatic heterocycles. The van der Waals surface area contributed by atoms with Crippen molar-refractivity contribution in [1.82, 2.24) is 4.98 Å². The SMILES string of the molecule is Cc1ccc(/C=N/Nc2c(Cl)c(Cl)nc(C(=O)O)c2Cl)s1. The first kappa shape index (κ1) is 16.0. The van der Waals surface area contributed by atoms with E-state index in [1.54, 1.807) is 17.6 Å². The molecule has 9 heteroatoms. The summed E-state index contributed by atoms with van der Waals surface area (Å²) in [4.78, 5) is 16.7. The van der Waals surface area contributed by atoms with Crippen LogP contribution in [0.25, 0.3) is 0 Å². The maximum Gasteiger partial charge on any atom is 0.356 e. The van der Waals surface area contributed by atoms with Crippen LogP contribution in [0.5, 0.6) is 0 Å². The van der Waals surface area contributed by atoms with Crippen molar-refractivity contribution in [1.29, 1.82) is 0 Å². The third kappa shape index (κ3) is 3.65. The molecule has 0 aliphatic carbocycles. The van der Waals surface area contributed by atoms with Crippen molar-refractivity contribution in [3.8, 4) is 0 Å². The number of rotatable bonds is 4. The first-order chi connectivity index (χ1) is 9.90. The molecule has 0 aromatic carbocycles. The lowest BCUT2D eigenvalue weighted by Crippen LogP contribution is -2.05. The van der Waals surface area contributed by atoms with E-state index in [1.807, 2.05) is 19.1 Å². The number of aromatic carboxylic acids is 1. The van der Waals surface area contributed by atoms with Crippen LogP contribution in [0.4, 0.5) is 5.69 Å². The second-order valence-electron chi connectivity index (χ2n) is 3.88. The van der Waals surface area contributed by atoms with E-state index in [1.165, 1.54) is 0 Å². The van der Waals surface area contributed by atoms with Crippen molar-refractivity contribution in [3.05, 3.63) is 42.8 Å². The van der Waals surface area contributed by atoms with Crippen molar-refractivity contribution in [2.45, 2.75) is 6.92 Å². The van der Waals surface area contributed by atoms with Crippen LogP contribution in [-0.2, 0) is 0 Å². The van der Waals surface area contributed by atoms with Crippen LogP contribution in [0, 0.1) is 6.92 Å². The minimum Gasteiger partial charge on any atom is -0.476 e. The predicted octanol–water partition coefficient (Wildman–Crippen LogP) is 4.56. The molecule has 21 heavy (non-hydrogen) atoms. The van der Waals surface area contributed by atoms with Gasteiger partial charge in [-0.2, -0.15) is 5.10 Å². The molecule has 2 aromatic rings. The lowest BCUT2D eigenvalue weighted by Gasteiger charge is -2.09. The average Bonchev–Trinajstić information content (AvgIpc) is 2.83. The lowest BCUT2D eigenvalue weighted by atomic mass is 10.3. The van der Waals surface area contributed by atoms with Gasteiger partial charge in [0, 0.05) is 9.75 Å². The normalized spacial score (nSPS) is 11.0. The number of hydrogen-bond acceptors (Lipinski definition) is 5. The number of aromatic nitrogens is 1. The van der Waals surface area contributed by atoms with Gasteiger partial charge in [-0.1, -0.05) is 34.8 Å². The highest BCUT2D eigenvalue weighted by Gasteiger charge is 2.20. The summed E-state index contributed by atoms with van der Waals surface area (Å²) < 4.78 is 0. The zero-order valence-electron chi connectivity index (χ0n) is 10.5. The molecule has 0 amide bonds. The van der Waals surface area contributed by atoms with Gasteiger partial charge in [0.05, 0.1) is 11.9 Å². The first-order valence-corrected chi connectivity index (χ1v) is 7.48. The van der Waals surface area contributed by atoms with Gasteiger partial charge in [-0.15, -0.1) is 11.3 Å². The maximum atomic E-state index is 11.0. The summed E-state index contributed by atoms with van der Waals surface area (Å²) in [5.74, 6) is -1.31. The first-order valence-electron chi connectivity index (χ1n) is 5.53. The summed E-state index contributed by atoms with van der Waals surface area (Å²) in [5.41, 5.74) is 2.30. The smallest absolute Gasteiger partial charge is 0.356 e. The molecule has 2 rings (SSSR count). The highest BCUT2D eigenvalue weighted by atomic mass is 35.5. The van der Waals surface area contributed by atoms with Crippen LogP contribution in [0.3, 0.4) is 0 Å². The summed E-state index contributed by atoms with van der Waals surface area (Å²) >= 11 is 19.2. The molecule has 0 saturated heterocycles. The van der Waals surface area contributed by atoms with Crippen LogP contribution in [0.1, 0.15) is 20.2 Å². The Balaban J connectivity index is 2.31. The fraction of sp³-hybridized carbons (Fsp3) is 0.0833. The molecule has 0 unspecified atom stereocenters. The van der Waals surface area contributed by atoms with Crippen LogP contribution >= 0.6 is 46.1 Å². The van der Waals surface area contributed by atoms with Crippen molar-refractivity contribution < 1.29 is 9.90 Å². The Bertz CT molecular complexity index is 731. The van der Waals surface area contributed by atoms with Gasteiger partial charge in [0.2, 0.25) is 0 Å². The summed E-state index contributed by atoms with van der Waals surface area (Å²) in [6, 6.07) is 3.86. The molecule has 0 spiro atoms. The van der Waals surface area contributed by atoms with Gasteiger partial charge in [0.15, 0.2) is 10.8 Å². The van der Waals surface area contributed by atoms with E-state index in [2.05, 4.69) is 15.5 Å². The van der Waals surface area contributed by atoms with Gasteiger partial charge in [-0.25, -0.2) is 9.78 Å². The molecule has 110 valence electrons. The molecule has 0 fully saturated rings. The number of hydrogen-bond donors (Lipinski definition) is 2. The van der Waals surface area contributed by atoms with Gasteiger partial charge < -0.3 is 5.11 Å². The number of anilines is 1. The number of hydrazone groups is 1. The van der Waals surface area contributed by atoms with Crippen molar-refractivity contribution in [2.24, 2.45) is 5.10 Å². The highest BCUT2D eigenvalue weighted by Crippen LogP contribution is 2.36. The minimum absolute atomic E-state index is 0.00572. The third-order valence-electron chi connectivity index (χ3n) is 2.37. The van der Waals surface area contributed by atoms with Crippen LogP contribution in [0.15, 0.2) is 17.2 Å². The Kier molecular flexibility index (Phi) is 5.05. The summed E-state index contributed by atoms with van der Waals surface area (Å²) in [5, 5.41) is 12.7. The molecular weight excluding hydrogens is 357 g/mol. The van der Waals surface area contributed by atoms with Crippen LogP contribution in [-0.4, -0.2) is 22.3 Å². The summed E-state index contributed by atoms with van der Waals surface area (Å²) in [6.45, 7) is 1.98. The number of thiophene rings is 1. The second kappa shape index (κ2) is 6.62. The van der Waals surface area contributed by atoms with E-state index in [9.17, 15) is 4.79 Å². The van der Waals surface area contributed by atoms with E-state index in [0.29, 0.717) is 0 Å². The van der Waals surface area contributed by atoms with Gasteiger partial charge in [-0.05, 0) is 19.1 Å². The summed E-state index contributed by atoms with van der Waals surface area (Å²) in [6.07, 6.45) is 1.57. The number of nitrogens with one attached hydrogen (secondary N) is 1.